The molecule has 0 fully saturated rings. The predicted octanol–water partition coefficient (Wildman–Crippen LogP) is 5.88. The molecule has 0 aliphatic heterocycles. The molecule has 4 aromatic rings. The zero-order valence-corrected chi connectivity index (χ0v) is 25.5. The lowest BCUT2D eigenvalue weighted by Crippen LogP contribution is -2.53. The summed E-state index contributed by atoms with van der Waals surface area (Å²) in [6, 6.07) is 28.2. The molecule has 0 aromatic heterocycles. The molecule has 1 atom stereocenters. The number of sulfonamides is 1. The number of benzene rings is 4. The largest absolute Gasteiger partial charge is 0.357 e. The normalized spacial score (nSPS) is 11.9. The van der Waals surface area contributed by atoms with E-state index in [0.717, 1.165) is 21.0 Å². The molecule has 7 nitrogen and oxygen atoms in total. The second-order valence-corrected chi connectivity index (χ2v) is 12.4. The van der Waals surface area contributed by atoms with Crippen molar-refractivity contribution in [2.75, 3.05) is 17.9 Å². The van der Waals surface area contributed by atoms with Gasteiger partial charge < -0.3 is 10.2 Å². The summed E-state index contributed by atoms with van der Waals surface area (Å²) in [7, 11) is -2.74. The van der Waals surface area contributed by atoms with Gasteiger partial charge in [0, 0.05) is 25.0 Å². The standard InChI is InChI=1S/C32H31Cl2N3O4S/c1-23-11-9-10-14-25(23)21-36(30(32(39)35-2)19-24-12-5-3-6-13-24)31(38)22-37(29-18-17-26(33)20-28(29)34)42(40,41)27-15-7-4-8-16-27/h3-18,20,30H,19,21-22H2,1-2H3,(H,35,39)/t30-/m0/s1. The van der Waals surface area contributed by atoms with Crippen molar-refractivity contribution in [1.29, 1.82) is 0 Å². The van der Waals surface area contributed by atoms with Gasteiger partial charge in [-0.1, -0.05) is 96.0 Å². The highest BCUT2D eigenvalue weighted by Crippen LogP contribution is 2.33. The number of halogens is 2. The van der Waals surface area contributed by atoms with E-state index in [9.17, 15) is 18.0 Å². The summed E-state index contributed by atoms with van der Waals surface area (Å²) in [5.41, 5.74) is 2.70. The van der Waals surface area contributed by atoms with Gasteiger partial charge in [0.2, 0.25) is 11.8 Å². The number of hydrogen-bond acceptors (Lipinski definition) is 4. The van der Waals surface area contributed by atoms with Crippen molar-refractivity contribution in [3.05, 3.63) is 130 Å². The molecule has 0 aliphatic rings. The van der Waals surface area contributed by atoms with E-state index in [1.54, 1.807) is 18.2 Å². The molecule has 42 heavy (non-hydrogen) atoms. The molecule has 0 bridgehead atoms. The lowest BCUT2D eigenvalue weighted by molar-refractivity contribution is -0.139. The fourth-order valence-corrected chi connectivity index (χ4v) is 6.62. The number of amides is 2. The Bertz CT molecular complexity index is 1650. The van der Waals surface area contributed by atoms with E-state index in [1.807, 2.05) is 61.5 Å². The van der Waals surface area contributed by atoms with Crippen molar-refractivity contribution in [1.82, 2.24) is 10.2 Å². The maximum Gasteiger partial charge on any atom is 0.264 e. The quantitative estimate of drug-likeness (QED) is 0.226. The highest BCUT2D eigenvalue weighted by Gasteiger charge is 2.35. The molecule has 4 aromatic carbocycles. The fourth-order valence-electron chi connectivity index (χ4n) is 4.61. The number of likely N-dealkylation sites (N-methyl/N-ethyl adjacent to an activating group) is 1. The lowest BCUT2D eigenvalue weighted by atomic mass is 10.0. The molecule has 0 radical (unpaired) electrons. The van der Waals surface area contributed by atoms with Crippen LogP contribution in [-0.2, 0) is 32.6 Å². The van der Waals surface area contributed by atoms with Gasteiger partial charge in [0.1, 0.15) is 12.6 Å². The number of anilines is 1. The van der Waals surface area contributed by atoms with Crippen LogP contribution in [0.1, 0.15) is 16.7 Å². The van der Waals surface area contributed by atoms with Crippen LogP contribution in [0.3, 0.4) is 0 Å². The monoisotopic (exact) mass is 623 g/mol. The number of nitrogens with one attached hydrogen (secondary N) is 1. The molecule has 218 valence electrons. The van der Waals surface area contributed by atoms with Crippen LogP contribution in [0.2, 0.25) is 10.0 Å². The summed E-state index contributed by atoms with van der Waals surface area (Å²) in [5.74, 6) is -0.948. The highest BCUT2D eigenvalue weighted by atomic mass is 35.5. The van der Waals surface area contributed by atoms with Crippen molar-refractivity contribution in [2.45, 2.75) is 30.8 Å². The van der Waals surface area contributed by atoms with Crippen LogP contribution >= 0.6 is 23.2 Å². The Kier molecular flexibility index (Phi) is 10.3. The molecule has 2 amide bonds. The number of nitrogens with zero attached hydrogens (tertiary/aromatic N) is 2. The van der Waals surface area contributed by atoms with Gasteiger partial charge in [0.05, 0.1) is 15.6 Å². The van der Waals surface area contributed by atoms with E-state index >= 15 is 0 Å². The zero-order valence-electron chi connectivity index (χ0n) is 23.2. The van der Waals surface area contributed by atoms with E-state index in [2.05, 4.69) is 5.32 Å². The molecule has 0 saturated heterocycles. The summed E-state index contributed by atoms with van der Waals surface area (Å²) >= 11 is 12.6. The van der Waals surface area contributed by atoms with Gasteiger partial charge in [-0.15, -0.1) is 0 Å². The first-order chi connectivity index (χ1) is 20.1. The molecule has 1 N–H and O–H groups in total. The molecule has 0 heterocycles. The van der Waals surface area contributed by atoms with Crippen molar-refractivity contribution in [3.8, 4) is 0 Å². The second kappa shape index (κ2) is 13.9. The van der Waals surface area contributed by atoms with Crippen LogP contribution in [0.4, 0.5) is 5.69 Å². The van der Waals surface area contributed by atoms with Crippen molar-refractivity contribution < 1.29 is 18.0 Å². The van der Waals surface area contributed by atoms with E-state index < -0.39 is 28.5 Å². The third kappa shape index (κ3) is 7.31. The first-order valence-electron chi connectivity index (χ1n) is 13.2. The number of rotatable bonds is 11. The van der Waals surface area contributed by atoms with E-state index in [0.29, 0.717) is 5.02 Å². The molecule has 4 rings (SSSR count). The third-order valence-electron chi connectivity index (χ3n) is 6.91. The van der Waals surface area contributed by atoms with Gasteiger partial charge in [-0.2, -0.15) is 0 Å². The fraction of sp³-hybridized carbons (Fsp3) is 0.188. The van der Waals surface area contributed by atoms with Crippen LogP contribution in [0.25, 0.3) is 0 Å². The van der Waals surface area contributed by atoms with Gasteiger partial charge >= 0.3 is 0 Å². The summed E-state index contributed by atoms with van der Waals surface area (Å²) in [6.07, 6.45) is 0.227. The Morgan fingerprint density at radius 1 is 0.857 bits per heavy atom. The zero-order chi connectivity index (χ0) is 30.3. The first-order valence-corrected chi connectivity index (χ1v) is 15.4. The van der Waals surface area contributed by atoms with Crippen LogP contribution < -0.4 is 9.62 Å². The summed E-state index contributed by atoms with van der Waals surface area (Å²) in [5, 5.41) is 3.06. The van der Waals surface area contributed by atoms with Crippen LogP contribution in [0.15, 0.2) is 108 Å². The van der Waals surface area contributed by atoms with E-state index in [4.69, 9.17) is 23.2 Å². The Balaban J connectivity index is 1.81. The van der Waals surface area contributed by atoms with Gasteiger partial charge in [0.25, 0.3) is 10.0 Å². The number of aryl methyl sites for hydroxylation is 1. The average Bonchev–Trinajstić information content (AvgIpc) is 2.99. The maximum atomic E-state index is 14.3. The molecule has 0 spiro atoms. The molecule has 10 heteroatoms. The lowest BCUT2D eigenvalue weighted by Gasteiger charge is -2.34. The Labute approximate surface area is 256 Å². The van der Waals surface area contributed by atoms with Crippen molar-refractivity contribution >= 4 is 50.7 Å². The smallest absolute Gasteiger partial charge is 0.264 e. The van der Waals surface area contributed by atoms with E-state index in [1.165, 1.54) is 42.3 Å². The SMILES string of the molecule is CNC(=O)[C@H](Cc1ccccc1)N(Cc1ccccc1C)C(=O)CN(c1ccc(Cl)cc1Cl)S(=O)(=O)c1ccccc1. The minimum atomic E-state index is -4.25. The molecular weight excluding hydrogens is 593 g/mol. The second-order valence-electron chi connectivity index (χ2n) is 9.69. The number of hydrogen-bond donors (Lipinski definition) is 1. The van der Waals surface area contributed by atoms with Crippen molar-refractivity contribution in [2.24, 2.45) is 0 Å². The van der Waals surface area contributed by atoms with Gasteiger partial charge in [-0.3, -0.25) is 13.9 Å². The van der Waals surface area contributed by atoms with Crippen LogP contribution in [0, 0.1) is 6.92 Å². The summed E-state index contributed by atoms with van der Waals surface area (Å²) < 4.78 is 28.9. The topological polar surface area (TPSA) is 86.8 Å². The van der Waals surface area contributed by atoms with Crippen LogP contribution in [-0.4, -0.2) is 44.8 Å². The maximum absolute atomic E-state index is 14.3. The Morgan fingerprint density at radius 2 is 1.48 bits per heavy atom. The number of carbonyl (C=O) groups is 2. The Morgan fingerprint density at radius 3 is 2.10 bits per heavy atom. The van der Waals surface area contributed by atoms with Gasteiger partial charge in [-0.25, -0.2) is 8.42 Å². The Hall–Kier alpha value is -3.85. The van der Waals surface area contributed by atoms with Gasteiger partial charge in [0.15, 0.2) is 0 Å². The average molecular weight is 625 g/mol. The predicted molar refractivity (Wildman–Crippen MR) is 167 cm³/mol. The molecule has 0 saturated carbocycles. The first kappa shape index (κ1) is 31.1. The van der Waals surface area contributed by atoms with Gasteiger partial charge in [-0.05, 0) is 53.9 Å². The highest BCUT2D eigenvalue weighted by molar-refractivity contribution is 7.92. The molecular formula is C32H31Cl2N3O4S. The van der Waals surface area contributed by atoms with Crippen molar-refractivity contribution in [3.63, 3.8) is 0 Å². The minimum absolute atomic E-state index is 0.0126. The third-order valence-corrected chi connectivity index (χ3v) is 9.22. The van der Waals surface area contributed by atoms with E-state index in [-0.39, 0.29) is 34.5 Å². The molecule has 0 unspecified atom stereocenters. The minimum Gasteiger partial charge on any atom is -0.357 e. The molecule has 0 aliphatic carbocycles. The summed E-state index contributed by atoms with van der Waals surface area (Å²) in [6.45, 7) is 1.40. The summed E-state index contributed by atoms with van der Waals surface area (Å²) in [4.78, 5) is 29.1. The van der Waals surface area contributed by atoms with Crippen LogP contribution in [0.5, 0.6) is 0 Å². The number of carbonyl (C=O) groups excluding carboxylic acids is 2.